The van der Waals surface area contributed by atoms with E-state index in [0.29, 0.717) is 13.2 Å². The Morgan fingerprint density at radius 2 is 1.06 bits per heavy atom. The van der Waals surface area contributed by atoms with Crippen LogP contribution in [0.4, 0.5) is 0 Å². The lowest BCUT2D eigenvalue weighted by Crippen LogP contribution is -2.24. The maximum absolute atomic E-state index is 5.89. The highest BCUT2D eigenvalue weighted by molar-refractivity contribution is 5.56. The molecule has 0 aliphatic carbocycles. The quantitative estimate of drug-likeness (QED) is 0.689. The van der Waals surface area contributed by atoms with Gasteiger partial charge in [-0.05, 0) is 10.8 Å². The van der Waals surface area contributed by atoms with Gasteiger partial charge >= 0.3 is 0 Å². The zero-order valence-electron chi connectivity index (χ0n) is 12.4. The first-order valence-electron chi connectivity index (χ1n) is 6.65. The highest BCUT2D eigenvalue weighted by Crippen LogP contribution is 2.45. The minimum atomic E-state index is 0.0706. The molecule has 0 amide bonds. The summed E-state index contributed by atoms with van der Waals surface area (Å²) in [5, 5.41) is 0. The lowest BCUT2D eigenvalue weighted by molar-refractivity contribution is 0.164. The van der Waals surface area contributed by atoms with Crippen LogP contribution in [0.15, 0.2) is 12.1 Å². The van der Waals surface area contributed by atoms with E-state index in [1.165, 1.54) is 11.1 Å². The summed E-state index contributed by atoms with van der Waals surface area (Å²) in [6, 6.07) is 4.38. The second-order valence-corrected chi connectivity index (χ2v) is 7.02. The zero-order valence-corrected chi connectivity index (χ0v) is 12.4. The summed E-state index contributed by atoms with van der Waals surface area (Å²) in [6.45, 7) is 14.5. The van der Waals surface area contributed by atoms with Crippen molar-refractivity contribution in [1.29, 1.82) is 0 Å². The van der Waals surface area contributed by atoms with E-state index in [2.05, 4.69) is 53.7 Å². The molecule has 0 fully saturated rings. The summed E-state index contributed by atoms with van der Waals surface area (Å²) >= 11 is 0. The van der Waals surface area contributed by atoms with Crippen LogP contribution in [-0.4, -0.2) is 13.2 Å². The fourth-order valence-electron chi connectivity index (χ4n) is 2.32. The van der Waals surface area contributed by atoms with Crippen LogP contribution in [0.25, 0.3) is 0 Å². The molecule has 2 rings (SSSR count). The molecule has 2 nitrogen and oxygen atoms in total. The van der Waals surface area contributed by atoms with E-state index < -0.39 is 0 Å². The molecule has 1 aliphatic rings. The van der Waals surface area contributed by atoms with Gasteiger partial charge in [0.25, 0.3) is 0 Å². The Morgan fingerprint density at radius 3 is 1.33 bits per heavy atom. The molecule has 1 aromatic rings. The molecule has 1 heterocycles. The van der Waals surface area contributed by atoms with Crippen molar-refractivity contribution in [2.45, 2.75) is 52.4 Å². The second kappa shape index (κ2) is 4.18. The van der Waals surface area contributed by atoms with Gasteiger partial charge in [0, 0.05) is 11.1 Å². The van der Waals surface area contributed by atoms with Gasteiger partial charge in [-0.25, -0.2) is 0 Å². The van der Waals surface area contributed by atoms with E-state index >= 15 is 0 Å². The van der Waals surface area contributed by atoms with Gasteiger partial charge in [-0.1, -0.05) is 53.7 Å². The lowest BCUT2D eigenvalue weighted by Gasteiger charge is -2.32. The van der Waals surface area contributed by atoms with Crippen LogP contribution in [0.2, 0.25) is 0 Å². The molecular formula is C16H24O2. The molecule has 0 radical (unpaired) electrons. The highest BCUT2D eigenvalue weighted by atomic mass is 16.6. The third-order valence-electron chi connectivity index (χ3n) is 3.30. The van der Waals surface area contributed by atoms with Crippen LogP contribution in [0.3, 0.4) is 0 Å². The fourth-order valence-corrected chi connectivity index (χ4v) is 2.32. The van der Waals surface area contributed by atoms with Crippen molar-refractivity contribution in [3.05, 3.63) is 23.3 Å². The number of benzene rings is 1. The molecule has 0 N–H and O–H groups in total. The number of hydrogen-bond donors (Lipinski definition) is 0. The minimum Gasteiger partial charge on any atom is -0.486 e. The summed E-state index contributed by atoms with van der Waals surface area (Å²) in [7, 11) is 0. The molecule has 18 heavy (non-hydrogen) atoms. The van der Waals surface area contributed by atoms with Gasteiger partial charge in [0.2, 0.25) is 0 Å². The van der Waals surface area contributed by atoms with Crippen molar-refractivity contribution >= 4 is 0 Å². The maximum atomic E-state index is 5.89. The number of rotatable bonds is 0. The molecule has 0 atom stereocenters. The van der Waals surface area contributed by atoms with Gasteiger partial charge in [0.15, 0.2) is 11.5 Å². The number of hydrogen-bond acceptors (Lipinski definition) is 2. The molecule has 1 aliphatic heterocycles. The Bertz CT molecular complexity index is 404. The third-order valence-corrected chi connectivity index (χ3v) is 3.30. The smallest absolute Gasteiger partial charge is 0.165 e. The normalized spacial score (nSPS) is 15.7. The van der Waals surface area contributed by atoms with Crippen molar-refractivity contribution < 1.29 is 9.47 Å². The van der Waals surface area contributed by atoms with E-state index in [0.717, 1.165) is 11.5 Å². The van der Waals surface area contributed by atoms with Gasteiger partial charge in [-0.3, -0.25) is 0 Å². The molecule has 100 valence electrons. The summed E-state index contributed by atoms with van der Waals surface area (Å²) in [6.07, 6.45) is 0. The third kappa shape index (κ3) is 2.33. The summed E-state index contributed by atoms with van der Waals surface area (Å²) in [5.74, 6) is 1.89. The van der Waals surface area contributed by atoms with Crippen LogP contribution >= 0.6 is 0 Å². The van der Waals surface area contributed by atoms with Crippen molar-refractivity contribution in [3.8, 4) is 11.5 Å². The Balaban J connectivity index is 2.64. The van der Waals surface area contributed by atoms with Crippen LogP contribution in [0, 0.1) is 0 Å². The van der Waals surface area contributed by atoms with Gasteiger partial charge in [0.1, 0.15) is 13.2 Å². The summed E-state index contributed by atoms with van der Waals surface area (Å²) in [4.78, 5) is 0. The average molecular weight is 248 g/mol. The van der Waals surface area contributed by atoms with E-state index in [9.17, 15) is 0 Å². The van der Waals surface area contributed by atoms with E-state index in [1.807, 2.05) is 0 Å². The fraction of sp³-hybridized carbons (Fsp3) is 0.625. The number of fused-ring (bicyclic) bond motifs is 1. The topological polar surface area (TPSA) is 18.5 Å². The first-order valence-corrected chi connectivity index (χ1v) is 6.65. The average Bonchev–Trinajstić information content (AvgIpc) is 2.24. The molecule has 0 spiro atoms. The molecular weight excluding hydrogens is 224 g/mol. The van der Waals surface area contributed by atoms with Crippen molar-refractivity contribution in [1.82, 2.24) is 0 Å². The Kier molecular flexibility index (Phi) is 3.08. The van der Waals surface area contributed by atoms with E-state index in [4.69, 9.17) is 9.47 Å². The first kappa shape index (κ1) is 13.3. The van der Waals surface area contributed by atoms with E-state index in [-0.39, 0.29) is 10.8 Å². The Morgan fingerprint density at radius 1 is 0.722 bits per heavy atom. The largest absolute Gasteiger partial charge is 0.486 e. The SMILES string of the molecule is CC(C)(C)c1ccc(C(C)(C)C)c2c1OCCO2. The minimum absolute atomic E-state index is 0.0706. The molecule has 0 saturated heterocycles. The van der Waals surface area contributed by atoms with Gasteiger partial charge in [-0.2, -0.15) is 0 Å². The Hall–Kier alpha value is -1.18. The predicted octanol–water partition coefficient (Wildman–Crippen LogP) is 4.05. The van der Waals surface area contributed by atoms with Crippen molar-refractivity contribution in [2.75, 3.05) is 13.2 Å². The second-order valence-electron chi connectivity index (χ2n) is 7.02. The van der Waals surface area contributed by atoms with Crippen LogP contribution < -0.4 is 9.47 Å². The van der Waals surface area contributed by atoms with Crippen LogP contribution in [0.5, 0.6) is 11.5 Å². The van der Waals surface area contributed by atoms with Gasteiger partial charge in [0.05, 0.1) is 0 Å². The standard InChI is InChI=1S/C16H24O2/c1-15(2,3)11-7-8-12(16(4,5)6)14-13(11)17-9-10-18-14/h7-8H,9-10H2,1-6H3. The van der Waals surface area contributed by atoms with Crippen LogP contribution in [-0.2, 0) is 10.8 Å². The molecule has 0 bridgehead atoms. The van der Waals surface area contributed by atoms with Gasteiger partial charge < -0.3 is 9.47 Å². The summed E-state index contributed by atoms with van der Waals surface area (Å²) in [5.41, 5.74) is 2.60. The first-order chi connectivity index (χ1) is 8.21. The molecule has 0 saturated carbocycles. The van der Waals surface area contributed by atoms with Gasteiger partial charge in [-0.15, -0.1) is 0 Å². The molecule has 1 aromatic carbocycles. The molecule has 2 heteroatoms. The van der Waals surface area contributed by atoms with Crippen molar-refractivity contribution in [3.63, 3.8) is 0 Å². The molecule has 0 aromatic heterocycles. The molecule has 0 unspecified atom stereocenters. The predicted molar refractivity (Wildman–Crippen MR) is 74.8 cm³/mol. The van der Waals surface area contributed by atoms with E-state index in [1.54, 1.807) is 0 Å². The van der Waals surface area contributed by atoms with Crippen LogP contribution in [0.1, 0.15) is 52.7 Å². The summed E-state index contributed by atoms with van der Waals surface area (Å²) < 4.78 is 11.8. The Labute approximate surface area is 110 Å². The number of ether oxygens (including phenoxy) is 2. The highest BCUT2D eigenvalue weighted by Gasteiger charge is 2.30. The maximum Gasteiger partial charge on any atom is 0.165 e. The zero-order chi connectivity index (χ0) is 13.6. The van der Waals surface area contributed by atoms with Crippen molar-refractivity contribution in [2.24, 2.45) is 0 Å². The monoisotopic (exact) mass is 248 g/mol. The lowest BCUT2D eigenvalue weighted by atomic mass is 9.80.